The van der Waals surface area contributed by atoms with E-state index in [9.17, 15) is 130 Å². The summed E-state index contributed by atoms with van der Waals surface area (Å²) in [6, 6.07) is 0. The summed E-state index contributed by atoms with van der Waals surface area (Å²) in [4.78, 5) is 63.7. The van der Waals surface area contributed by atoms with Crippen LogP contribution in [0.4, 0.5) is 0 Å². The number of carbonyl (C=O) groups excluding carboxylic acids is 3. The van der Waals surface area contributed by atoms with Crippen molar-refractivity contribution in [3.63, 3.8) is 0 Å². The minimum absolute atomic E-state index is 0.351. The molecule has 0 radical (unpaired) electrons. The normalized spacial score (nSPS) is 36.2. The van der Waals surface area contributed by atoms with Crippen molar-refractivity contribution in [2.45, 2.75) is 447 Å². The molecule has 7 rings (SSSR count). The average Bonchev–Trinajstić information content (AvgIpc) is 0.762. The van der Waals surface area contributed by atoms with E-state index in [0.717, 1.165) is 135 Å². The lowest BCUT2D eigenvalue weighted by atomic mass is 9.95. The molecule has 37 atom stereocenters. The second-order valence-corrected chi connectivity index (χ2v) is 42.2. The Balaban J connectivity index is 0.860. The molecule has 0 aromatic heterocycles. The molecule has 842 valence electrons. The van der Waals surface area contributed by atoms with Gasteiger partial charge in [-0.1, -0.05) is 128 Å². The van der Waals surface area contributed by atoms with Gasteiger partial charge >= 0.3 is 11.9 Å². The lowest BCUT2D eigenvalue weighted by molar-refractivity contribution is -0.405. The van der Waals surface area contributed by atoms with Crippen LogP contribution in [-0.2, 0) is 108 Å². The largest absolute Gasteiger partial charge is 0.756 e. The molecule has 2 unspecified atom stereocenters. The summed E-state index contributed by atoms with van der Waals surface area (Å²) in [6.07, 6.45) is -31.8. The first-order valence-corrected chi connectivity index (χ1v) is 53.1. The Morgan fingerprint density at radius 3 is 1.01 bits per heavy atom. The van der Waals surface area contributed by atoms with E-state index < -0.39 is 288 Å². The monoisotopic (exact) mass is 2140 g/mol. The van der Waals surface area contributed by atoms with E-state index in [1.165, 1.54) is 64.0 Å². The number of rotatable bonds is 57. The van der Waals surface area contributed by atoms with Crippen LogP contribution in [0.1, 0.15) is 232 Å². The molecular formula is C101H161O44P2-3. The van der Waals surface area contributed by atoms with Crippen molar-refractivity contribution >= 4 is 33.6 Å². The average molecular weight is 2140 g/mol. The van der Waals surface area contributed by atoms with Crippen molar-refractivity contribution in [2.24, 2.45) is 0 Å². The Labute approximate surface area is 859 Å². The van der Waals surface area contributed by atoms with Crippen LogP contribution in [0.25, 0.3) is 0 Å². The number of aliphatic carboxylic acids is 1. The number of ether oxygens (including phenoxy) is 15. The number of phosphoric ester groups is 2. The quantitative estimate of drug-likeness (QED) is 0.0236. The van der Waals surface area contributed by atoms with E-state index in [4.69, 9.17) is 80.1 Å². The van der Waals surface area contributed by atoms with E-state index in [1.807, 2.05) is 6.92 Å². The van der Waals surface area contributed by atoms with Gasteiger partial charge in [0.2, 0.25) is 0 Å². The number of aliphatic hydroxyl groups is 18. The van der Waals surface area contributed by atoms with Crippen molar-refractivity contribution in [2.75, 3.05) is 39.6 Å². The van der Waals surface area contributed by atoms with E-state index >= 15 is 0 Å². The fraction of sp³-hybridized carbons (Fsp3) is 0.752. The lowest BCUT2D eigenvalue weighted by Gasteiger charge is -2.50. The Morgan fingerprint density at radius 1 is 0.299 bits per heavy atom. The van der Waals surface area contributed by atoms with Crippen LogP contribution in [0, 0.1) is 0 Å². The molecular weight excluding hydrogens is 1980 g/mol. The fourth-order valence-electron chi connectivity index (χ4n) is 17.2. The number of allylic oxidation sites excluding steroid dienone is 21. The van der Waals surface area contributed by atoms with Crippen molar-refractivity contribution in [3.8, 4) is 0 Å². The van der Waals surface area contributed by atoms with E-state index in [0.29, 0.717) is 18.4 Å². The molecule has 7 heterocycles. The first kappa shape index (κ1) is 128. The topological polar surface area (TPSA) is 685 Å². The molecule has 0 aromatic carbocycles. The Kier molecular flexibility index (Phi) is 55.0. The van der Waals surface area contributed by atoms with Crippen LogP contribution in [0.5, 0.6) is 0 Å². The molecule has 147 heavy (non-hydrogen) atoms. The van der Waals surface area contributed by atoms with Gasteiger partial charge in [-0.2, -0.15) is 0 Å². The van der Waals surface area contributed by atoms with Gasteiger partial charge in [-0.05, 0) is 218 Å². The Morgan fingerprint density at radius 2 is 0.599 bits per heavy atom. The molecule has 7 fully saturated rings. The zero-order valence-corrected chi connectivity index (χ0v) is 88.3. The Hall–Kier alpha value is -5.43. The maximum absolute atomic E-state index is 13.4. The number of carboxylic acids is 1. The number of phosphoric acid groups is 2. The minimum atomic E-state index is -6.25. The number of aliphatic hydroxyl groups excluding tert-OH is 18. The van der Waals surface area contributed by atoms with Gasteiger partial charge in [-0.25, -0.2) is 4.31 Å². The molecule has 7 aliphatic rings. The van der Waals surface area contributed by atoms with E-state index in [-0.39, 0.29) is 0 Å². The van der Waals surface area contributed by atoms with Gasteiger partial charge in [0, 0.05) is 13.8 Å². The number of carboxylic acid groups (broad SMARTS) is 1. The van der Waals surface area contributed by atoms with E-state index in [2.05, 4.69) is 134 Å². The van der Waals surface area contributed by atoms with Crippen molar-refractivity contribution in [3.05, 3.63) is 128 Å². The van der Waals surface area contributed by atoms with Gasteiger partial charge in [-0.3, -0.25) is 23.2 Å². The SMILES string of the molecule is C/C=C(/C)CC/C=C(/C)CC/C=C(/C)CC/C=C(/C)CC/C=C(/C)CC/C=C(/C)CC/C=C(/C)CC/C=C(/C)CC/C=C(\C)CC/C=C(\C)CC/C=C(\C)COP(=O)([O-])OP(=O)([O-])O[C@H]1O[C@H](COC(C)=O)[C@@H](O[C@@H]2O[C@H](CO)[C@@H](O)[C@H](O[C@H]3O[C@H](COC(C)=O)[C@@H](O)[C@H](O)[C@@H]3O[C@@H]3O[C@H](C(=O)[O-])[C@@H](O[C@H]4O[C@H](CO[C@@H]5O[C@H](CO[C@@H]6O[C@@H](C)[C@H](O)[C@@H](O)[C@H]6O)[C@@H](O)[C@H](O)[C@H]5O)[C@@H](O)[C@H](O)[C@H]4O)[C@H](O)[C@H]3O)[C@H]2O)[C@H](O)[C@H]1O. The highest BCUT2D eigenvalue weighted by Gasteiger charge is 2.59. The highest BCUT2D eigenvalue weighted by atomic mass is 31.3. The second kappa shape index (κ2) is 62.9. The first-order valence-electron chi connectivity index (χ1n) is 50.2. The molecule has 0 aromatic rings. The molecule has 0 bridgehead atoms. The van der Waals surface area contributed by atoms with Crippen LogP contribution in [0.3, 0.4) is 0 Å². The summed E-state index contributed by atoms with van der Waals surface area (Å²) in [6.45, 7) is 23.1. The van der Waals surface area contributed by atoms with Crippen molar-refractivity contribution in [1.82, 2.24) is 0 Å². The maximum Gasteiger partial charge on any atom is 0.302 e. The third-order valence-corrected chi connectivity index (χ3v) is 29.1. The molecule has 0 saturated carbocycles. The van der Waals surface area contributed by atoms with Crippen LogP contribution in [-0.4, -0.2) is 364 Å². The van der Waals surface area contributed by atoms with Gasteiger partial charge in [-0.15, -0.1) is 0 Å². The molecule has 7 aliphatic heterocycles. The molecule has 18 N–H and O–H groups in total. The standard InChI is InChI=1S/C101H164O44P2/c1-16-53(2)27-17-28-54(3)29-18-30-55(4)31-19-32-56(5)33-20-34-57(6)35-21-36-58(7)37-22-38-59(8)39-23-40-60(9)41-24-42-61(10)43-25-44-62(11)45-26-46-63(12)48-132-146(124,125)145-147(126,127)144-100-87(120)81(114)89(71(138-100)52-129-66(15)104)139-99-88(121)90(76(109)67(47-102)134-99)140-101-92(80(113)75(108)68(137-101)49-128-65(14)103)142-98-86(119)82(115)91(93(143-98)94(122)123)141-97-85(118)79(112)74(107)70(136-97)51-131-96-84(117)78(111)73(106)69(135-96)50-130-95-83(116)77(110)72(105)64(13)133-95/h16,28,30,32,34,36,38,40,42,44,46,64,67-93,95-102,105-121H,17-27,29,31,33,35,37,39,41,43,45,47-52H2,1-15H3,(H,122,123)(H,124,125)(H,126,127)/p-3/b53-16-,54-28-,55-30-,56-32-,57-34-,58-36-,59-38-,60-40-,61-42+,62-44+,63-46+/t64-,67+,68+,69+,70+,71+,72-,73+,74+,75+,76+,77+,78-,79-,80-,81+,82+,83+,84+,85+,86+,87+,88+,89+,90-,91-,92-,93-,95+,96+,97+,98+,99-,100+,101+/m0/s1. The number of hydrogen-bond acceptors (Lipinski definition) is 44. The predicted octanol–water partition coefficient (Wildman–Crippen LogP) is 2.88. The highest BCUT2D eigenvalue weighted by Crippen LogP contribution is 2.57. The summed E-state index contributed by atoms with van der Waals surface area (Å²) in [5.74, 6) is -4.35. The Bertz CT molecular complexity index is 4510. The summed E-state index contributed by atoms with van der Waals surface area (Å²) < 4.78 is 124. The summed E-state index contributed by atoms with van der Waals surface area (Å²) in [5, 5.41) is 213. The molecule has 0 amide bonds. The zero-order chi connectivity index (χ0) is 109. The molecule has 46 heteroatoms. The minimum Gasteiger partial charge on any atom is -0.756 e. The maximum atomic E-state index is 13.4. The van der Waals surface area contributed by atoms with Crippen LogP contribution in [0.15, 0.2) is 128 Å². The lowest BCUT2D eigenvalue weighted by Crippen LogP contribution is -2.69. The summed E-state index contributed by atoms with van der Waals surface area (Å²) in [5.41, 5.74) is 14.2. The van der Waals surface area contributed by atoms with Gasteiger partial charge in [0.15, 0.2) is 44.0 Å². The molecule has 0 spiro atoms. The summed E-state index contributed by atoms with van der Waals surface area (Å²) >= 11 is 0. The highest BCUT2D eigenvalue weighted by molar-refractivity contribution is 7.59. The molecule has 0 aliphatic carbocycles. The number of carbonyl (C=O) groups is 3. The van der Waals surface area contributed by atoms with Gasteiger partial charge in [0.25, 0.3) is 15.6 Å². The molecule has 7 saturated heterocycles. The van der Waals surface area contributed by atoms with Crippen LogP contribution in [0.2, 0.25) is 0 Å². The second-order valence-electron chi connectivity index (χ2n) is 39.2. The van der Waals surface area contributed by atoms with Crippen molar-refractivity contribution < 1.29 is 215 Å². The van der Waals surface area contributed by atoms with Gasteiger partial charge < -0.3 is 187 Å². The van der Waals surface area contributed by atoms with Crippen LogP contribution < -0.4 is 14.9 Å². The van der Waals surface area contributed by atoms with Gasteiger partial charge in [0.1, 0.15) is 178 Å². The molecule has 44 nitrogen and oxygen atoms in total. The third kappa shape index (κ3) is 41.3. The predicted molar refractivity (Wildman–Crippen MR) is 518 cm³/mol. The number of esters is 2. The smallest absolute Gasteiger partial charge is 0.302 e. The number of hydrogen-bond donors (Lipinski definition) is 18. The summed E-state index contributed by atoms with van der Waals surface area (Å²) in [7, 11) is -12.1. The van der Waals surface area contributed by atoms with Gasteiger partial charge in [0.05, 0.1) is 38.5 Å². The zero-order valence-electron chi connectivity index (χ0n) is 86.5. The first-order chi connectivity index (χ1) is 69.2. The third-order valence-electron chi connectivity index (χ3n) is 26.6. The fourth-order valence-corrected chi connectivity index (χ4v) is 19.3. The van der Waals surface area contributed by atoms with E-state index in [1.54, 1.807) is 6.08 Å². The van der Waals surface area contributed by atoms with Crippen molar-refractivity contribution in [1.29, 1.82) is 0 Å². The van der Waals surface area contributed by atoms with Crippen LogP contribution >= 0.6 is 15.6 Å².